The molecule has 1 aromatic heterocycles. The average molecular weight is 271 g/mol. The Morgan fingerprint density at radius 1 is 1.33 bits per heavy atom. The fourth-order valence-electron chi connectivity index (χ4n) is 1.55. The molecule has 6 nitrogen and oxygen atoms in total. The summed E-state index contributed by atoms with van der Waals surface area (Å²) in [5.74, 6) is 1.42. The molecule has 0 saturated carbocycles. The lowest BCUT2D eigenvalue weighted by molar-refractivity contribution is 0.197. The number of anilines is 2. The maximum Gasteiger partial charge on any atom is 0.225 e. The minimum Gasteiger partial charge on any atom is -0.385 e. The van der Waals surface area contributed by atoms with Gasteiger partial charge in [0.25, 0.3) is 0 Å². The molecule has 0 aliphatic rings. The Labute approximate surface area is 113 Å². The summed E-state index contributed by atoms with van der Waals surface area (Å²) < 4.78 is 5.34. The maximum atomic E-state index is 5.07. The first kappa shape index (κ1) is 14.8. The first-order chi connectivity index (χ1) is 8.71. The van der Waals surface area contributed by atoms with Crippen molar-refractivity contribution in [2.24, 2.45) is 0 Å². The summed E-state index contributed by atoms with van der Waals surface area (Å²) >= 11 is 5.07. The Balaban J connectivity index is 2.71. The molecular weight excluding hydrogens is 250 g/mol. The molecule has 0 spiro atoms. The van der Waals surface area contributed by atoms with Crippen LogP contribution < -0.4 is 10.2 Å². The number of methoxy groups -OCH3 is 1. The lowest BCUT2D eigenvalue weighted by Gasteiger charge is -2.19. The van der Waals surface area contributed by atoms with E-state index in [2.05, 4.69) is 39.0 Å². The van der Waals surface area contributed by atoms with Gasteiger partial charge in [-0.05, 0) is 32.5 Å². The van der Waals surface area contributed by atoms with Crippen LogP contribution in [0.3, 0.4) is 0 Å². The molecule has 0 radical (unpaired) electrons. The van der Waals surface area contributed by atoms with Crippen LogP contribution in [0, 0.1) is 4.77 Å². The summed E-state index contributed by atoms with van der Waals surface area (Å²) in [6, 6.07) is 0. The van der Waals surface area contributed by atoms with Crippen molar-refractivity contribution in [1.82, 2.24) is 15.0 Å². The van der Waals surface area contributed by atoms with Gasteiger partial charge in [0.05, 0.1) is 0 Å². The third-order valence-corrected chi connectivity index (χ3v) is 2.70. The number of nitrogens with one attached hydrogen (secondary N) is 2. The van der Waals surface area contributed by atoms with Crippen LogP contribution >= 0.6 is 12.2 Å². The van der Waals surface area contributed by atoms with Gasteiger partial charge in [-0.15, -0.1) is 0 Å². The number of ether oxygens (including phenoxy) is 1. The van der Waals surface area contributed by atoms with Gasteiger partial charge in [0.1, 0.15) is 0 Å². The molecule has 1 aromatic rings. The molecule has 0 amide bonds. The highest BCUT2D eigenvalue weighted by Crippen LogP contribution is 2.08. The van der Waals surface area contributed by atoms with Crippen LogP contribution in [0.2, 0.25) is 0 Å². The molecule has 0 atom stereocenters. The van der Waals surface area contributed by atoms with E-state index in [-0.39, 0.29) is 0 Å². The molecule has 2 N–H and O–H groups in total. The summed E-state index contributed by atoms with van der Waals surface area (Å²) in [5, 5.41) is 3.18. The number of nitrogens with zero attached hydrogens (tertiary/aromatic N) is 3. The second kappa shape index (κ2) is 7.99. The van der Waals surface area contributed by atoms with Gasteiger partial charge in [-0.25, -0.2) is 0 Å². The molecule has 0 bridgehead atoms. The molecule has 7 heteroatoms. The SMILES string of the molecule is CCN(CC)c1nc(=S)nc(NCCCOC)[nH]1. The highest BCUT2D eigenvalue weighted by atomic mass is 32.1. The minimum absolute atomic E-state index is 0.352. The molecule has 0 aliphatic heterocycles. The zero-order valence-corrected chi connectivity index (χ0v) is 12.0. The molecule has 102 valence electrons. The zero-order chi connectivity index (χ0) is 13.4. The summed E-state index contributed by atoms with van der Waals surface area (Å²) in [5.41, 5.74) is 0. The third-order valence-electron chi connectivity index (χ3n) is 2.52. The Bertz CT molecular complexity index is 405. The second-order valence-corrected chi connectivity index (χ2v) is 4.11. The van der Waals surface area contributed by atoms with Gasteiger partial charge in [0.2, 0.25) is 16.7 Å². The first-order valence-electron chi connectivity index (χ1n) is 6.17. The third kappa shape index (κ3) is 4.58. The standard InChI is InChI=1S/C11H21N5OS/c1-4-16(5-2)10-13-9(14-11(18)15-10)12-7-6-8-17-3/h4-8H2,1-3H3,(H2,12,13,14,15,18). The van der Waals surface area contributed by atoms with E-state index in [0.717, 1.165) is 38.6 Å². The average Bonchev–Trinajstić information content (AvgIpc) is 2.36. The van der Waals surface area contributed by atoms with Gasteiger partial charge in [-0.3, -0.25) is 4.98 Å². The summed E-state index contributed by atoms with van der Waals surface area (Å²) in [6.45, 7) is 7.42. The van der Waals surface area contributed by atoms with E-state index in [1.54, 1.807) is 7.11 Å². The number of hydrogen-bond acceptors (Lipinski definition) is 6. The number of H-pyrrole nitrogens is 1. The molecule has 0 aromatic carbocycles. The van der Waals surface area contributed by atoms with Crippen LogP contribution in [0.4, 0.5) is 11.9 Å². The topological polar surface area (TPSA) is 66.1 Å². The van der Waals surface area contributed by atoms with Crippen molar-refractivity contribution in [2.45, 2.75) is 20.3 Å². The van der Waals surface area contributed by atoms with E-state index in [1.807, 2.05) is 0 Å². The Hall–Kier alpha value is -1.21. The van der Waals surface area contributed by atoms with Crippen LogP contribution in [0.15, 0.2) is 0 Å². The predicted molar refractivity (Wildman–Crippen MR) is 75.8 cm³/mol. The smallest absolute Gasteiger partial charge is 0.225 e. The minimum atomic E-state index is 0.352. The van der Waals surface area contributed by atoms with E-state index in [1.165, 1.54) is 0 Å². The lowest BCUT2D eigenvalue weighted by atomic mass is 10.4. The van der Waals surface area contributed by atoms with Crippen molar-refractivity contribution in [3.63, 3.8) is 0 Å². The van der Waals surface area contributed by atoms with Crippen LogP contribution in [0.5, 0.6) is 0 Å². The maximum absolute atomic E-state index is 5.07. The van der Waals surface area contributed by atoms with Gasteiger partial charge in [-0.1, -0.05) is 0 Å². The lowest BCUT2D eigenvalue weighted by Crippen LogP contribution is -2.25. The Morgan fingerprint density at radius 3 is 2.67 bits per heavy atom. The molecule has 18 heavy (non-hydrogen) atoms. The monoisotopic (exact) mass is 271 g/mol. The van der Waals surface area contributed by atoms with E-state index in [4.69, 9.17) is 17.0 Å². The molecule has 0 saturated heterocycles. The van der Waals surface area contributed by atoms with Crippen LogP contribution in [0.25, 0.3) is 0 Å². The van der Waals surface area contributed by atoms with Gasteiger partial charge in [-0.2, -0.15) is 9.97 Å². The number of aromatic amines is 1. The Morgan fingerprint density at radius 2 is 2.06 bits per heavy atom. The number of aromatic nitrogens is 3. The molecular formula is C11H21N5OS. The quantitative estimate of drug-likeness (QED) is 0.555. The van der Waals surface area contributed by atoms with Crippen molar-refractivity contribution < 1.29 is 4.74 Å². The van der Waals surface area contributed by atoms with Gasteiger partial charge >= 0.3 is 0 Å². The second-order valence-electron chi connectivity index (χ2n) is 3.75. The van der Waals surface area contributed by atoms with E-state index >= 15 is 0 Å². The number of rotatable bonds is 8. The van der Waals surface area contributed by atoms with Crippen molar-refractivity contribution in [2.75, 3.05) is 43.6 Å². The number of hydrogen-bond donors (Lipinski definition) is 2. The van der Waals surface area contributed by atoms with Crippen molar-refractivity contribution in [3.05, 3.63) is 4.77 Å². The highest BCUT2D eigenvalue weighted by molar-refractivity contribution is 7.71. The summed E-state index contributed by atoms with van der Waals surface area (Å²) in [7, 11) is 1.69. The summed E-state index contributed by atoms with van der Waals surface area (Å²) in [6.07, 6.45) is 0.918. The van der Waals surface area contributed by atoms with Crippen LogP contribution in [0.1, 0.15) is 20.3 Å². The molecule has 1 heterocycles. The molecule has 0 fully saturated rings. The fourth-order valence-corrected chi connectivity index (χ4v) is 1.73. The van der Waals surface area contributed by atoms with Gasteiger partial charge < -0.3 is 15.0 Å². The molecule has 1 rings (SSSR count). The van der Waals surface area contributed by atoms with Crippen molar-refractivity contribution in [1.29, 1.82) is 0 Å². The largest absolute Gasteiger partial charge is 0.385 e. The van der Waals surface area contributed by atoms with E-state index in [9.17, 15) is 0 Å². The zero-order valence-electron chi connectivity index (χ0n) is 11.2. The normalized spacial score (nSPS) is 10.4. The van der Waals surface area contributed by atoms with Gasteiger partial charge in [0.15, 0.2) is 0 Å². The molecule has 0 unspecified atom stereocenters. The first-order valence-corrected chi connectivity index (χ1v) is 6.58. The Kier molecular flexibility index (Phi) is 6.59. The van der Waals surface area contributed by atoms with Crippen molar-refractivity contribution >= 4 is 24.1 Å². The predicted octanol–water partition coefficient (Wildman–Crippen LogP) is 1.83. The van der Waals surface area contributed by atoms with Gasteiger partial charge in [0, 0.05) is 33.4 Å². The highest BCUT2D eigenvalue weighted by Gasteiger charge is 2.06. The van der Waals surface area contributed by atoms with E-state index in [0.29, 0.717) is 10.7 Å². The van der Waals surface area contributed by atoms with Crippen LogP contribution in [-0.2, 0) is 4.74 Å². The van der Waals surface area contributed by atoms with Crippen molar-refractivity contribution in [3.8, 4) is 0 Å². The van der Waals surface area contributed by atoms with Crippen LogP contribution in [-0.4, -0.2) is 48.3 Å². The summed E-state index contributed by atoms with van der Waals surface area (Å²) in [4.78, 5) is 13.6. The molecule has 0 aliphatic carbocycles. The fraction of sp³-hybridized carbons (Fsp3) is 0.727. The van der Waals surface area contributed by atoms with E-state index < -0.39 is 0 Å².